The predicted molar refractivity (Wildman–Crippen MR) is 126 cm³/mol. The lowest BCUT2D eigenvalue weighted by molar-refractivity contribution is -0.116. The molecule has 1 fully saturated rings. The summed E-state index contributed by atoms with van der Waals surface area (Å²) in [5, 5.41) is 3.76. The van der Waals surface area contributed by atoms with Crippen molar-refractivity contribution in [1.82, 2.24) is 19.9 Å². The topological polar surface area (TPSA) is 80.2 Å². The Morgan fingerprint density at radius 1 is 1.18 bits per heavy atom. The molecule has 7 nitrogen and oxygen atoms in total. The smallest absolute Gasteiger partial charge is 0.226 e. The van der Waals surface area contributed by atoms with Gasteiger partial charge in [-0.1, -0.05) is 0 Å². The molecule has 2 aliphatic carbocycles. The van der Waals surface area contributed by atoms with Crippen molar-refractivity contribution < 1.29 is 13.9 Å². The third-order valence-electron chi connectivity index (χ3n) is 6.77. The molecule has 174 valence electrons. The van der Waals surface area contributed by atoms with E-state index in [2.05, 4.69) is 39.3 Å². The number of pyridine rings is 1. The summed E-state index contributed by atoms with van der Waals surface area (Å²) in [6.45, 7) is 0. The summed E-state index contributed by atoms with van der Waals surface area (Å²) in [5.74, 6) is 0.523. The SMILES string of the molecule is CN(C)[C@H]1CC[C@H](Oc2ncnc3sc4c(c23)C(CC(=O)Nc2ccc(F)cn2)CC4)CC1. The first-order valence-electron chi connectivity index (χ1n) is 11.5. The fourth-order valence-electron chi connectivity index (χ4n) is 5.04. The molecule has 0 radical (unpaired) electrons. The molecule has 2 aliphatic rings. The number of anilines is 1. The Kier molecular flexibility index (Phi) is 6.25. The Balaban J connectivity index is 1.33. The second-order valence-corrected chi connectivity index (χ2v) is 10.2. The molecule has 0 saturated heterocycles. The van der Waals surface area contributed by atoms with Crippen molar-refractivity contribution in [3.05, 3.63) is 40.9 Å². The van der Waals surface area contributed by atoms with Crippen LogP contribution in [0.2, 0.25) is 0 Å². The number of carbonyl (C=O) groups is 1. The van der Waals surface area contributed by atoms with Crippen molar-refractivity contribution in [3.63, 3.8) is 0 Å². The summed E-state index contributed by atoms with van der Waals surface area (Å²) >= 11 is 1.68. The molecule has 3 aromatic rings. The zero-order valence-corrected chi connectivity index (χ0v) is 19.7. The molecule has 1 atom stereocenters. The van der Waals surface area contributed by atoms with Crippen LogP contribution in [0, 0.1) is 5.82 Å². The van der Waals surface area contributed by atoms with Gasteiger partial charge in [-0.25, -0.2) is 19.3 Å². The highest BCUT2D eigenvalue weighted by Gasteiger charge is 2.32. The summed E-state index contributed by atoms with van der Waals surface area (Å²) in [6, 6.07) is 3.37. The Bertz CT molecular complexity index is 1140. The van der Waals surface area contributed by atoms with Gasteiger partial charge < -0.3 is 15.0 Å². The molecule has 1 unspecified atom stereocenters. The third kappa shape index (κ3) is 4.70. The number of nitrogens with one attached hydrogen (secondary N) is 1. The molecule has 0 aliphatic heterocycles. The van der Waals surface area contributed by atoms with Crippen LogP contribution in [0.4, 0.5) is 10.2 Å². The van der Waals surface area contributed by atoms with Crippen LogP contribution in [-0.4, -0.2) is 52.0 Å². The molecule has 5 rings (SSSR count). The van der Waals surface area contributed by atoms with E-state index in [0.717, 1.165) is 60.5 Å². The number of rotatable bonds is 6. The van der Waals surface area contributed by atoms with Crippen molar-refractivity contribution in [2.75, 3.05) is 19.4 Å². The number of carbonyl (C=O) groups excluding carboxylic acids is 1. The van der Waals surface area contributed by atoms with E-state index in [1.54, 1.807) is 17.7 Å². The van der Waals surface area contributed by atoms with Crippen LogP contribution >= 0.6 is 11.3 Å². The maximum absolute atomic E-state index is 13.1. The minimum Gasteiger partial charge on any atom is -0.474 e. The average Bonchev–Trinajstić information content (AvgIpc) is 3.36. The molecule has 33 heavy (non-hydrogen) atoms. The molecular weight excluding hydrogens is 441 g/mol. The highest BCUT2D eigenvalue weighted by molar-refractivity contribution is 7.19. The van der Waals surface area contributed by atoms with Gasteiger partial charge in [0.1, 0.15) is 28.9 Å². The van der Waals surface area contributed by atoms with Crippen LogP contribution < -0.4 is 10.1 Å². The number of aryl methyl sites for hydroxylation is 1. The second kappa shape index (κ2) is 9.30. The number of aromatic nitrogens is 3. The van der Waals surface area contributed by atoms with E-state index in [-0.39, 0.29) is 17.9 Å². The number of nitrogens with zero attached hydrogens (tertiary/aromatic N) is 4. The van der Waals surface area contributed by atoms with Crippen LogP contribution in [0.15, 0.2) is 24.7 Å². The number of halogens is 1. The average molecular weight is 470 g/mol. The van der Waals surface area contributed by atoms with E-state index in [1.807, 2.05) is 0 Å². The van der Waals surface area contributed by atoms with Crippen molar-refractivity contribution in [3.8, 4) is 5.88 Å². The Morgan fingerprint density at radius 3 is 2.73 bits per heavy atom. The Hall–Kier alpha value is -2.65. The molecular formula is C24H28FN5O2S. The van der Waals surface area contributed by atoms with Gasteiger partial charge in [-0.2, -0.15) is 0 Å². The van der Waals surface area contributed by atoms with E-state index in [4.69, 9.17) is 4.74 Å². The molecule has 9 heteroatoms. The summed E-state index contributed by atoms with van der Waals surface area (Å²) in [5.41, 5.74) is 1.16. The van der Waals surface area contributed by atoms with Gasteiger partial charge in [0.2, 0.25) is 11.8 Å². The normalized spacial score (nSPS) is 22.5. The minimum atomic E-state index is -0.430. The van der Waals surface area contributed by atoms with Gasteiger partial charge in [0, 0.05) is 17.3 Å². The molecule has 3 aromatic heterocycles. The molecule has 3 heterocycles. The minimum absolute atomic E-state index is 0.0759. The zero-order chi connectivity index (χ0) is 22.9. The van der Waals surface area contributed by atoms with Gasteiger partial charge in [-0.3, -0.25) is 4.79 Å². The lowest BCUT2D eigenvalue weighted by atomic mass is 9.92. The van der Waals surface area contributed by atoms with Gasteiger partial charge in [0.25, 0.3) is 0 Å². The van der Waals surface area contributed by atoms with Crippen LogP contribution in [0.1, 0.15) is 54.9 Å². The van der Waals surface area contributed by atoms with E-state index < -0.39 is 5.82 Å². The first kappa shape index (κ1) is 22.2. The Labute approximate surface area is 196 Å². The van der Waals surface area contributed by atoms with Gasteiger partial charge >= 0.3 is 0 Å². The first-order valence-corrected chi connectivity index (χ1v) is 12.3. The van der Waals surface area contributed by atoms with E-state index in [9.17, 15) is 9.18 Å². The van der Waals surface area contributed by atoms with E-state index in [1.165, 1.54) is 17.0 Å². The molecule has 0 bridgehead atoms. The van der Waals surface area contributed by atoms with Gasteiger partial charge in [-0.05, 0) is 76.2 Å². The largest absolute Gasteiger partial charge is 0.474 e. The number of ether oxygens (including phenoxy) is 1. The standard InChI is InChI=1S/C24H28FN5O2S/c1-30(2)16-5-7-17(8-6-16)32-23-22-21-14(3-9-18(21)33-24(22)28-13-27-23)11-20(31)29-19-10-4-15(25)12-26-19/h4,10,12-14,16-17H,3,5-9,11H2,1-2H3,(H,26,29,31)/t14?,16-,17-. The van der Waals surface area contributed by atoms with Gasteiger partial charge in [0.15, 0.2) is 0 Å². The summed E-state index contributed by atoms with van der Waals surface area (Å²) in [7, 11) is 4.27. The highest BCUT2D eigenvalue weighted by Crippen LogP contribution is 2.47. The van der Waals surface area contributed by atoms with Crippen molar-refractivity contribution in [2.24, 2.45) is 0 Å². The first-order chi connectivity index (χ1) is 16.0. The van der Waals surface area contributed by atoms with Crippen LogP contribution in [0.3, 0.4) is 0 Å². The van der Waals surface area contributed by atoms with Gasteiger partial charge in [0.05, 0.1) is 11.6 Å². The molecule has 0 spiro atoms. The highest BCUT2D eigenvalue weighted by atomic mass is 32.1. The molecule has 1 saturated carbocycles. The number of hydrogen-bond acceptors (Lipinski definition) is 7. The third-order valence-corrected chi connectivity index (χ3v) is 7.95. The summed E-state index contributed by atoms with van der Waals surface area (Å²) in [6.07, 6.45) is 9.26. The summed E-state index contributed by atoms with van der Waals surface area (Å²) in [4.78, 5) is 30.1. The van der Waals surface area contributed by atoms with Crippen molar-refractivity contribution in [2.45, 2.75) is 63.0 Å². The van der Waals surface area contributed by atoms with Crippen LogP contribution in [-0.2, 0) is 11.2 Å². The van der Waals surface area contributed by atoms with Crippen molar-refractivity contribution >= 4 is 33.3 Å². The fraction of sp³-hybridized carbons (Fsp3) is 0.500. The second-order valence-electron chi connectivity index (χ2n) is 9.16. The van der Waals surface area contributed by atoms with Gasteiger partial charge in [-0.15, -0.1) is 11.3 Å². The lowest BCUT2D eigenvalue weighted by Gasteiger charge is -2.32. The number of hydrogen-bond donors (Lipinski definition) is 1. The fourth-order valence-corrected chi connectivity index (χ4v) is 6.27. The van der Waals surface area contributed by atoms with E-state index >= 15 is 0 Å². The molecule has 0 aromatic carbocycles. The number of fused-ring (bicyclic) bond motifs is 3. The predicted octanol–water partition coefficient (Wildman–Crippen LogP) is 4.54. The maximum Gasteiger partial charge on any atom is 0.226 e. The van der Waals surface area contributed by atoms with Crippen LogP contribution in [0.5, 0.6) is 5.88 Å². The zero-order valence-electron chi connectivity index (χ0n) is 18.9. The Morgan fingerprint density at radius 2 is 2.00 bits per heavy atom. The monoisotopic (exact) mass is 469 g/mol. The summed E-state index contributed by atoms with van der Waals surface area (Å²) < 4.78 is 19.5. The quantitative estimate of drug-likeness (QED) is 0.571. The maximum atomic E-state index is 13.1. The molecule has 1 N–H and O–H groups in total. The number of amides is 1. The van der Waals surface area contributed by atoms with Crippen LogP contribution in [0.25, 0.3) is 10.2 Å². The molecule has 1 amide bonds. The van der Waals surface area contributed by atoms with E-state index in [0.29, 0.717) is 24.2 Å². The van der Waals surface area contributed by atoms with Crippen molar-refractivity contribution in [1.29, 1.82) is 0 Å². The lowest BCUT2D eigenvalue weighted by Crippen LogP contribution is -2.35. The number of thiophene rings is 1.